The molecule has 4 aromatic rings. The minimum Gasteiger partial charge on any atom is -0.392 e. The van der Waals surface area contributed by atoms with E-state index in [0.717, 1.165) is 23.4 Å². The summed E-state index contributed by atoms with van der Waals surface area (Å²) in [5, 5.41) is 13.4. The summed E-state index contributed by atoms with van der Waals surface area (Å²) >= 11 is 6.09. The number of nitrogens with zero attached hydrogens (tertiary/aromatic N) is 2. The van der Waals surface area contributed by atoms with Crippen LogP contribution in [0.3, 0.4) is 0 Å². The highest BCUT2D eigenvalue weighted by molar-refractivity contribution is 6.30. The van der Waals surface area contributed by atoms with Gasteiger partial charge in [-0.3, -0.25) is 14.0 Å². The van der Waals surface area contributed by atoms with Crippen molar-refractivity contribution in [2.45, 2.75) is 24.9 Å². The van der Waals surface area contributed by atoms with Crippen molar-refractivity contribution in [2.75, 3.05) is 5.32 Å². The van der Waals surface area contributed by atoms with E-state index in [0.29, 0.717) is 17.1 Å². The molecule has 1 aliphatic rings. The first-order valence-corrected chi connectivity index (χ1v) is 10.9. The lowest BCUT2D eigenvalue weighted by atomic mass is 9.91. The smallest absolute Gasteiger partial charge is 0.274 e. The number of carbonyl (C=O) groups excluding carboxylic acids is 2. The number of anilines is 1. The lowest BCUT2D eigenvalue weighted by Crippen LogP contribution is -2.18. The Labute approximate surface area is 197 Å². The molecular weight excluding hydrogens is 464 g/mol. The van der Waals surface area contributed by atoms with E-state index in [9.17, 15) is 23.5 Å². The van der Waals surface area contributed by atoms with Crippen LogP contribution in [0.1, 0.15) is 44.3 Å². The van der Waals surface area contributed by atoms with E-state index in [2.05, 4.69) is 10.3 Å². The van der Waals surface area contributed by atoms with E-state index in [4.69, 9.17) is 11.6 Å². The van der Waals surface area contributed by atoms with Crippen molar-refractivity contribution in [1.29, 1.82) is 0 Å². The maximum atomic E-state index is 14.5. The van der Waals surface area contributed by atoms with Crippen LogP contribution in [0, 0.1) is 11.6 Å². The normalized spacial score (nSPS) is 17.1. The van der Waals surface area contributed by atoms with Gasteiger partial charge in [0.05, 0.1) is 18.0 Å². The van der Waals surface area contributed by atoms with Crippen LogP contribution < -0.4 is 5.32 Å². The molecule has 172 valence electrons. The molecule has 34 heavy (non-hydrogen) atoms. The largest absolute Gasteiger partial charge is 0.392 e. The third-order valence-corrected chi connectivity index (χ3v) is 6.28. The van der Waals surface area contributed by atoms with E-state index in [-0.39, 0.29) is 29.1 Å². The maximum Gasteiger partial charge on any atom is 0.274 e. The van der Waals surface area contributed by atoms with Crippen LogP contribution in [0.2, 0.25) is 5.02 Å². The predicted molar refractivity (Wildman–Crippen MR) is 122 cm³/mol. The van der Waals surface area contributed by atoms with E-state index in [1.54, 1.807) is 12.1 Å². The Morgan fingerprint density at radius 1 is 1.15 bits per heavy atom. The van der Waals surface area contributed by atoms with Crippen molar-refractivity contribution in [3.8, 4) is 0 Å². The summed E-state index contributed by atoms with van der Waals surface area (Å²) in [6, 6.07) is 11.6. The molecule has 0 fully saturated rings. The minimum absolute atomic E-state index is 0.0000640. The lowest BCUT2D eigenvalue weighted by Gasteiger charge is -2.16. The molecule has 2 heterocycles. The van der Waals surface area contributed by atoms with Crippen LogP contribution in [-0.2, 0) is 6.42 Å². The number of Topliss-reactive ketones (excluding diaryl/α,β-unsaturated/α-hetero) is 1. The number of aromatic nitrogens is 2. The van der Waals surface area contributed by atoms with Crippen molar-refractivity contribution < 1.29 is 23.5 Å². The minimum atomic E-state index is -0.733. The van der Waals surface area contributed by atoms with Gasteiger partial charge in [0, 0.05) is 29.1 Å². The van der Waals surface area contributed by atoms with Gasteiger partial charge >= 0.3 is 0 Å². The highest BCUT2D eigenvalue weighted by Crippen LogP contribution is 2.38. The van der Waals surface area contributed by atoms with Crippen molar-refractivity contribution in [1.82, 2.24) is 9.38 Å². The van der Waals surface area contributed by atoms with Crippen molar-refractivity contribution in [3.05, 3.63) is 100.0 Å². The SMILES string of the molecule is O=C(C[C@H]1c2cc(Cl)ccc2C[C@H]1O)c1ccc(F)c(NC(=O)c2cnc3ccc(F)cn23)c1. The number of halogens is 3. The van der Waals surface area contributed by atoms with Crippen LogP contribution >= 0.6 is 11.6 Å². The standard InChI is InChI=1S/C25H18ClF2N3O3/c26-15-3-1-13-8-23(33)18(17(13)9-15)10-22(32)14-2-5-19(28)20(7-14)30-25(34)21-11-29-24-6-4-16(27)12-31(21)24/h1-7,9,11-12,18,23,33H,8,10H2,(H,30,34)/t18-,23+/m0/s1. The average Bonchev–Trinajstić information content (AvgIpc) is 3.35. The number of aliphatic hydroxyl groups is 1. The van der Waals surface area contributed by atoms with E-state index < -0.39 is 29.6 Å². The molecule has 0 saturated carbocycles. The number of carbonyl (C=O) groups is 2. The van der Waals surface area contributed by atoms with Gasteiger partial charge in [-0.1, -0.05) is 17.7 Å². The molecule has 0 aliphatic heterocycles. The maximum absolute atomic E-state index is 14.5. The second-order valence-electron chi connectivity index (χ2n) is 8.22. The predicted octanol–water partition coefficient (Wildman–Crippen LogP) is 4.79. The number of fused-ring (bicyclic) bond motifs is 2. The molecule has 2 atom stereocenters. The van der Waals surface area contributed by atoms with Gasteiger partial charge in [0.15, 0.2) is 5.78 Å². The Bertz CT molecular complexity index is 1450. The molecule has 0 unspecified atom stereocenters. The van der Waals surface area contributed by atoms with Crippen LogP contribution in [-0.4, -0.2) is 32.3 Å². The summed E-state index contributed by atoms with van der Waals surface area (Å²) < 4.78 is 29.3. The van der Waals surface area contributed by atoms with Gasteiger partial charge in [0.2, 0.25) is 0 Å². The molecule has 0 radical (unpaired) electrons. The Morgan fingerprint density at radius 3 is 2.79 bits per heavy atom. The number of imidazole rings is 1. The van der Waals surface area contributed by atoms with E-state index >= 15 is 0 Å². The van der Waals surface area contributed by atoms with E-state index in [1.165, 1.54) is 34.9 Å². The molecule has 2 N–H and O–H groups in total. The number of hydrogen-bond acceptors (Lipinski definition) is 4. The molecule has 0 spiro atoms. The summed E-state index contributed by atoms with van der Waals surface area (Å²) in [7, 11) is 0. The lowest BCUT2D eigenvalue weighted by molar-refractivity contribution is 0.0920. The fourth-order valence-electron chi connectivity index (χ4n) is 4.34. The summed E-state index contributed by atoms with van der Waals surface area (Å²) in [6.45, 7) is 0. The first-order valence-electron chi connectivity index (χ1n) is 10.5. The number of amides is 1. The van der Waals surface area contributed by atoms with Gasteiger partial charge in [-0.15, -0.1) is 0 Å². The van der Waals surface area contributed by atoms with Gasteiger partial charge in [-0.2, -0.15) is 0 Å². The van der Waals surface area contributed by atoms with Gasteiger partial charge in [-0.05, 0) is 60.0 Å². The summed E-state index contributed by atoms with van der Waals surface area (Å²) in [5.74, 6) is -2.75. The molecule has 2 aromatic carbocycles. The number of nitrogens with one attached hydrogen (secondary N) is 1. The number of rotatable bonds is 5. The zero-order valence-corrected chi connectivity index (χ0v) is 18.4. The van der Waals surface area contributed by atoms with Gasteiger partial charge in [-0.25, -0.2) is 13.8 Å². The van der Waals surface area contributed by atoms with Crippen LogP contribution in [0.4, 0.5) is 14.5 Å². The monoisotopic (exact) mass is 481 g/mol. The third-order valence-electron chi connectivity index (χ3n) is 6.04. The van der Waals surface area contributed by atoms with Gasteiger partial charge in [0.25, 0.3) is 5.91 Å². The first kappa shape index (κ1) is 22.2. The summed E-state index contributed by atoms with van der Waals surface area (Å²) in [5.41, 5.74) is 2.11. The number of ketones is 1. The molecule has 1 aliphatic carbocycles. The molecule has 1 amide bonds. The summed E-state index contributed by atoms with van der Waals surface area (Å²) in [6.07, 6.45) is 2.05. The van der Waals surface area contributed by atoms with Crippen molar-refractivity contribution in [2.24, 2.45) is 0 Å². The number of pyridine rings is 1. The molecule has 0 saturated heterocycles. The molecule has 6 nitrogen and oxygen atoms in total. The average molecular weight is 482 g/mol. The fraction of sp³-hybridized carbons (Fsp3) is 0.160. The Morgan fingerprint density at radius 2 is 1.97 bits per heavy atom. The zero-order valence-electron chi connectivity index (χ0n) is 17.6. The molecule has 9 heteroatoms. The van der Waals surface area contributed by atoms with Gasteiger partial charge < -0.3 is 10.4 Å². The zero-order chi connectivity index (χ0) is 24.0. The topological polar surface area (TPSA) is 83.7 Å². The first-order chi connectivity index (χ1) is 16.3. The molecule has 2 aromatic heterocycles. The molecular formula is C25H18ClF2N3O3. The van der Waals surface area contributed by atoms with Crippen LogP contribution in [0.5, 0.6) is 0 Å². The number of aliphatic hydroxyl groups excluding tert-OH is 1. The Kier molecular flexibility index (Phi) is 5.63. The highest BCUT2D eigenvalue weighted by Gasteiger charge is 2.33. The van der Waals surface area contributed by atoms with Crippen LogP contribution in [0.25, 0.3) is 5.65 Å². The van der Waals surface area contributed by atoms with Crippen molar-refractivity contribution in [3.63, 3.8) is 0 Å². The molecule has 0 bridgehead atoms. The quantitative estimate of drug-likeness (QED) is 0.401. The highest BCUT2D eigenvalue weighted by atomic mass is 35.5. The van der Waals surface area contributed by atoms with E-state index in [1.807, 2.05) is 6.07 Å². The second-order valence-corrected chi connectivity index (χ2v) is 8.65. The number of hydrogen-bond donors (Lipinski definition) is 2. The Balaban J connectivity index is 1.38. The van der Waals surface area contributed by atoms with Crippen LogP contribution in [0.15, 0.2) is 60.9 Å². The Hall–Kier alpha value is -3.62. The third kappa shape index (κ3) is 4.06. The summed E-state index contributed by atoms with van der Waals surface area (Å²) in [4.78, 5) is 29.8. The fourth-order valence-corrected chi connectivity index (χ4v) is 4.52. The number of benzene rings is 2. The van der Waals surface area contributed by atoms with Gasteiger partial charge in [0.1, 0.15) is 23.0 Å². The second kappa shape index (κ2) is 8.62. The van der Waals surface area contributed by atoms with Crippen molar-refractivity contribution >= 4 is 34.6 Å². The molecule has 5 rings (SSSR count).